The lowest BCUT2D eigenvalue weighted by Gasteiger charge is -2.02. The maximum atomic E-state index is 11.4. The fourth-order valence-electron chi connectivity index (χ4n) is 0.273. The smallest absolute Gasteiger partial charge is 0.448 e. The van der Waals surface area contributed by atoms with Gasteiger partial charge in [-0.25, -0.2) is 4.39 Å². The molecule has 0 radical (unpaired) electrons. The summed E-state index contributed by atoms with van der Waals surface area (Å²) in [5.41, 5.74) is 0. The highest BCUT2D eigenvalue weighted by Crippen LogP contribution is 2.22. The van der Waals surface area contributed by atoms with Crippen LogP contribution in [0, 0.1) is 0 Å². The predicted molar refractivity (Wildman–Crippen MR) is 27.7 cm³/mol. The number of aliphatic hydroxyl groups excluding tert-OH is 1. The molecule has 0 atom stereocenters. The second-order valence-electron chi connectivity index (χ2n) is 1.63. The molecule has 0 unspecified atom stereocenters. The summed E-state index contributed by atoms with van der Waals surface area (Å²) < 4.78 is 45.3. The molecule has 0 saturated heterocycles. The molecule has 64 valence electrons. The van der Waals surface area contributed by atoms with Crippen molar-refractivity contribution in [2.24, 2.45) is 0 Å². The second-order valence-corrected chi connectivity index (χ2v) is 1.63. The SMILES string of the molecule is O=C(C=C(O)C(F)(F)F)CF. The summed E-state index contributed by atoms with van der Waals surface area (Å²) >= 11 is 0. The van der Waals surface area contributed by atoms with Crippen LogP contribution in [-0.4, -0.2) is 23.7 Å². The van der Waals surface area contributed by atoms with Crippen molar-refractivity contribution >= 4 is 5.78 Å². The molecule has 0 spiro atoms. The molecule has 0 bridgehead atoms. The van der Waals surface area contributed by atoms with E-state index < -0.39 is 24.4 Å². The maximum absolute atomic E-state index is 11.4. The monoisotopic (exact) mass is 172 g/mol. The first-order chi connectivity index (χ1) is 4.88. The molecule has 0 fully saturated rings. The minimum absolute atomic E-state index is 0.194. The number of hydrogen-bond acceptors (Lipinski definition) is 2. The second kappa shape index (κ2) is 3.36. The van der Waals surface area contributed by atoms with E-state index in [-0.39, 0.29) is 6.08 Å². The molecule has 0 aliphatic heterocycles. The molecule has 0 aromatic rings. The molecule has 0 heterocycles. The molecule has 6 heteroatoms. The normalized spacial score (nSPS) is 13.3. The first kappa shape index (κ1) is 9.93. The molecular weight excluding hydrogens is 168 g/mol. The van der Waals surface area contributed by atoms with Crippen molar-refractivity contribution in [2.75, 3.05) is 6.67 Å². The molecule has 2 nitrogen and oxygen atoms in total. The van der Waals surface area contributed by atoms with Gasteiger partial charge in [0.2, 0.25) is 5.76 Å². The largest absolute Gasteiger partial charge is 0.504 e. The Labute approximate surface area is 59.1 Å². The molecule has 0 aromatic carbocycles. The van der Waals surface area contributed by atoms with Crippen molar-refractivity contribution in [3.63, 3.8) is 0 Å². The van der Waals surface area contributed by atoms with E-state index in [2.05, 4.69) is 0 Å². The Hall–Kier alpha value is -1.07. The average Bonchev–Trinajstić information content (AvgIpc) is 1.85. The zero-order valence-corrected chi connectivity index (χ0v) is 5.15. The number of alkyl halides is 4. The highest BCUT2D eigenvalue weighted by atomic mass is 19.4. The van der Waals surface area contributed by atoms with Crippen LogP contribution >= 0.6 is 0 Å². The third-order valence-corrected chi connectivity index (χ3v) is 0.720. The fraction of sp³-hybridized carbons (Fsp3) is 0.400. The number of rotatable bonds is 2. The van der Waals surface area contributed by atoms with Gasteiger partial charge in [-0.2, -0.15) is 13.2 Å². The highest BCUT2D eigenvalue weighted by molar-refractivity contribution is 5.91. The maximum Gasteiger partial charge on any atom is 0.448 e. The van der Waals surface area contributed by atoms with E-state index in [1.54, 1.807) is 0 Å². The van der Waals surface area contributed by atoms with E-state index in [1.807, 2.05) is 0 Å². The molecular formula is C5H4F4O2. The summed E-state index contributed by atoms with van der Waals surface area (Å²) in [6.45, 7) is -1.56. The molecule has 0 rings (SSSR count). The average molecular weight is 172 g/mol. The number of halogens is 4. The third kappa shape index (κ3) is 3.59. The van der Waals surface area contributed by atoms with Crippen molar-refractivity contribution < 1.29 is 27.5 Å². The summed E-state index contributed by atoms with van der Waals surface area (Å²) in [5.74, 6) is -3.50. The highest BCUT2D eigenvalue weighted by Gasteiger charge is 2.34. The van der Waals surface area contributed by atoms with Crippen molar-refractivity contribution in [1.29, 1.82) is 0 Å². The Morgan fingerprint density at radius 2 is 1.91 bits per heavy atom. The molecule has 0 saturated carbocycles. The summed E-state index contributed by atoms with van der Waals surface area (Å²) in [4.78, 5) is 9.96. The Bertz CT molecular complexity index is 181. The van der Waals surface area contributed by atoms with Gasteiger partial charge < -0.3 is 5.11 Å². The van der Waals surface area contributed by atoms with E-state index >= 15 is 0 Å². The van der Waals surface area contributed by atoms with Gasteiger partial charge >= 0.3 is 6.18 Å². The van der Waals surface area contributed by atoms with E-state index in [1.165, 1.54) is 0 Å². The van der Waals surface area contributed by atoms with Crippen LogP contribution < -0.4 is 0 Å². The zero-order valence-electron chi connectivity index (χ0n) is 5.15. The van der Waals surface area contributed by atoms with Gasteiger partial charge in [0, 0.05) is 6.08 Å². The Morgan fingerprint density at radius 1 is 1.45 bits per heavy atom. The van der Waals surface area contributed by atoms with Gasteiger partial charge in [-0.15, -0.1) is 0 Å². The van der Waals surface area contributed by atoms with Gasteiger partial charge in [0.15, 0.2) is 12.5 Å². The van der Waals surface area contributed by atoms with Crippen LogP contribution in [0.25, 0.3) is 0 Å². The van der Waals surface area contributed by atoms with Crippen molar-refractivity contribution in [1.82, 2.24) is 0 Å². The minimum Gasteiger partial charge on any atom is -0.504 e. The van der Waals surface area contributed by atoms with Crippen molar-refractivity contribution in [3.8, 4) is 0 Å². The Morgan fingerprint density at radius 3 is 2.18 bits per heavy atom. The number of aliphatic hydroxyl groups is 1. The standard InChI is InChI=1S/C5H4F4O2/c6-2-3(10)1-4(11)5(7,8)9/h1,11H,2H2. The van der Waals surface area contributed by atoms with Crippen LogP contribution in [0.15, 0.2) is 11.8 Å². The minimum atomic E-state index is -4.98. The van der Waals surface area contributed by atoms with Gasteiger partial charge in [-0.3, -0.25) is 4.79 Å². The lowest BCUT2D eigenvalue weighted by Crippen LogP contribution is -2.13. The fourth-order valence-corrected chi connectivity index (χ4v) is 0.273. The first-order valence-corrected chi connectivity index (χ1v) is 2.44. The molecule has 11 heavy (non-hydrogen) atoms. The molecule has 0 aliphatic carbocycles. The number of carbonyl (C=O) groups is 1. The molecule has 0 amide bonds. The van der Waals surface area contributed by atoms with Crippen molar-refractivity contribution in [2.45, 2.75) is 6.18 Å². The van der Waals surface area contributed by atoms with Gasteiger partial charge in [-0.05, 0) is 0 Å². The summed E-state index contributed by atoms with van der Waals surface area (Å²) in [5, 5.41) is 8.04. The van der Waals surface area contributed by atoms with Gasteiger partial charge in [-0.1, -0.05) is 0 Å². The van der Waals surface area contributed by atoms with Crippen LogP contribution in [0.4, 0.5) is 17.6 Å². The summed E-state index contributed by atoms with van der Waals surface area (Å²) in [7, 11) is 0. The number of allylic oxidation sites excluding steroid dienone is 2. The van der Waals surface area contributed by atoms with Crippen LogP contribution in [0.1, 0.15) is 0 Å². The third-order valence-electron chi connectivity index (χ3n) is 0.720. The predicted octanol–water partition coefficient (Wildman–Crippen LogP) is 1.53. The molecule has 1 N–H and O–H groups in total. The van der Waals surface area contributed by atoms with Gasteiger partial charge in [0.1, 0.15) is 0 Å². The van der Waals surface area contributed by atoms with Gasteiger partial charge in [0.25, 0.3) is 0 Å². The lowest BCUT2D eigenvalue weighted by molar-refractivity contribution is -0.125. The van der Waals surface area contributed by atoms with E-state index in [0.717, 1.165) is 0 Å². The number of carbonyl (C=O) groups excluding carboxylic acids is 1. The zero-order chi connectivity index (χ0) is 9.07. The number of hydrogen-bond donors (Lipinski definition) is 1. The van der Waals surface area contributed by atoms with E-state index in [9.17, 15) is 22.4 Å². The van der Waals surface area contributed by atoms with Crippen LogP contribution in [0.3, 0.4) is 0 Å². The number of ketones is 1. The Kier molecular flexibility index (Phi) is 3.03. The van der Waals surface area contributed by atoms with Crippen LogP contribution in [-0.2, 0) is 4.79 Å². The quantitative estimate of drug-likeness (QED) is 0.389. The van der Waals surface area contributed by atoms with Crippen LogP contribution in [0.2, 0.25) is 0 Å². The van der Waals surface area contributed by atoms with Crippen LogP contribution in [0.5, 0.6) is 0 Å². The lowest BCUT2D eigenvalue weighted by atomic mass is 10.3. The van der Waals surface area contributed by atoms with Gasteiger partial charge in [0.05, 0.1) is 0 Å². The first-order valence-electron chi connectivity index (χ1n) is 2.44. The topological polar surface area (TPSA) is 37.3 Å². The van der Waals surface area contributed by atoms with E-state index in [4.69, 9.17) is 5.11 Å². The summed E-state index contributed by atoms with van der Waals surface area (Å²) in [6, 6.07) is 0. The summed E-state index contributed by atoms with van der Waals surface area (Å²) in [6.07, 6.45) is -5.18. The molecule has 0 aliphatic rings. The Balaban J connectivity index is 4.35. The molecule has 0 aromatic heterocycles. The van der Waals surface area contributed by atoms with Crippen molar-refractivity contribution in [3.05, 3.63) is 11.8 Å². The van der Waals surface area contributed by atoms with E-state index in [0.29, 0.717) is 0 Å².